The van der Waals surface area contributed by atoms with E-state index in [1.54, 1.807) is 12.1 Å². The van der Waals surface area contributed by atoms with Crippen LogP contribution in [0.3, 0.4) is 0 Å². The summed E-state index contributed by atoms with van der Waals surface area (Å²) in [6.45, 7) is 0. The predicted octanol–water partition coefficient (Wildman–Crippen LogP) is 1.43. The lowest BCUT2D eigenvalue weighted by Gasteiger charge is -1.88. The lowest BCUT2D eigenvalue weighted by Crippen LogP contribution is -2.00. The molecular weight excluding hydrogens is 198 g/mol. The monoisotopic (exact) mass is 205 g/mol. The van der Waals surface area contributed by atoms with Gasteiger partial charge in [-0.1, -0.05) is 0 Å². The molecule has 0 saturated heterocycles. The van der Waals surface area contributed by atoms with Crippen LogP contribution in [0.5, 0.6) is 0 Å². The van der Waals surface area contributed by atoms with Crippen LogP contribution in [0.1, 0.15) is 21.0 Å². The third-order valence-corrected chi connectivity index (χ3v) is 1.91. The fraction of sp³-hybridized carbons (Fsp3) is 0.100. The summed E-state index contributed by atoms with van der Waals surface area (Å²) in [6, 6.07) is 4.71. The molecule has 76 valence electrons. The summed E-state index contributed by atoms with van der Waals surface area (Å²) >= 11 is 0. The molecule has 0 saturated carbocycles. The van der Waals surface area contributed by atoms with Crippen molar-refractivity contribution in [3.8, 4) is 0 Å². The Kier molecular flexibility index (Phi) is 2.21. The Morgan fingerprint density at radius 1 is 1.53 bits per heavy atom. The number of oxazole rings is 1. The first-order valence-electron chi connectivity index (χ1n) is 4.18. The quantitative estimate of drug-likeness (QED) is 0.547. The SMILES string of the molecule is COC(=O)c1nc2cc(C=O)ccc2o1. The van der Waals surface area contributed by atoms with Crippen molar-refractivity contribution < 1.29 is 18.7 Å². The first-order chi connectivity index (χ1) is 7.24. The summed E-state index contributed by atoms with van der Waals surface area (Å²) in [7, 11) is 1.24. The summed E-state index contributed by atoms with van der Waals surface area (Å²) in [5, 5.41) is 0. The fourth-order valence-corrected chi connectivity index (χ4v) is 1.19. The molecule has 2 rings (SSSR count). The van der Waals surface area contributed by atoms with Crippen LogP contribution in [0.2, 0.25) is 0 Å². The summed E-state index contributed by atoms with van der Waals surface area (Å²) < 4.78 is 9.58. The van der Waals surface area contributed by atoms with Crippen LogP contribution in [-0.4, -0.2) is 24.3 Å². The second-order valence-electron chi connectivity index (χ2n) is 2.86. The molecule has 0 bridgehead atoms. The van der Waals surface area contributed by atoms with Gasteiger partial charge in [0.2, 0.25) is 0 Å². The maximum Gasteiger partial charge on any atom is 0.394 e. The number of esters is 1. The number of hydrogen-bond acceptors (Lipinski definition) is 5. The molecule has 0 spiro atoms. The van der Waals surface area contributed by atoms with E-state index in [0.717, 1.165) is 0 Å². The summed E-state index contributed by atoms with van der Waals surface area (Å²) in [4.78, 5) is 25.5. The highest BCUT2D eigenvalue weighted by Gasteiger charge is 2.14. The smallest absolute Gasteiger partial charge is 0.394 e. The molecule has 1 heterocycles. The Morgan fingerprint density at radius 2 is 2.33 bits per heavy atom. The average Bonchev–Trinajstić information content (AvgIpc) is 2.70. The molecular formula is C10H7NO4. The zero-order valence-corrected chi connectivity index (χ0v) is 7.89. The first-order valence-corrected chi connectivity index (χ1v) is 4.18. The van der Waals surface area contributed by atoms with Gasteiger partial charge in [0.25, 0.3) is 0 Å². The Balaban J connectivity index is 2.55. The molecule has 0 atom stereocenters. The maximum atomic E-state index is 11.1. The minimum Gasteiger partial charge on any atom is -0.462 e. The predicted molar refractivity (Wildman–Crippen MR) is 50.7 cm³/mol. The van der Waals surface area contributed by atoms with E-state index in [1.165, 1.54) is 13.2 Å². The van der Waals surface area contributed by atoms with Gasteiger partial charge >= 0.3 is 11.9 Å². The Hall–Kier alpha value is -2.17. The molecule has 0 aliphatic carbocycles. The summed E-state index contributed by atoms with van der Waals surface area (Å²) in [5.74, 6) is -0.755. The van der Waals surface area contributed by atoms with Gasteiger partial charge in [-0.2, -0.15) is 0 Å². The zero-order valence-electron chi connectivity index (χ0n) is 7.89. The molecule has 15 heavy (non-hydrogen) atoms. The van der Waals surface area contributed by atoms with Crippen LogP contribution in [0.25, 0.3) is 11.1 Å². The number of carbonyl (C=O) groups excluding carboxylic acids is 2. The molecule has 5 heteroatoms. The number of benzene rings is 1. The van der Waals surface area contributed by atoms with Crippen LogP contribution in [0.4, 0.5) is 0 Å². The lowest BCUT2D eigenvalue weighted by molar-refractivity contribution is 0.0558. The Labute approximate surface area is 84.7 Å². The zero-order chi connectivity index (χ0) is 10.8. The van der Waals surface area contributed by atoms with Crippen LogP contribution >= 0.6 is 0 Å². The van der Waals surface area contributed by atoms with Crippen molar-refractivity contribution in [2.75, 3.05) is 7.11 Å². The van der Waals surface area contributed by atoms with E-state index in [2.05, 4.69) is 9.72 Å². The van der Waals surface area contributed by atoms with E-state index in [-0.39, 0.29) is 5.89 Å². The Bertz CT molecular complexity index is 529. The molecule has 1 aromatic heterocycles. The average molecular weight is 205 g/mol. The second-order valence-corrected chi connectivity index (χ2v) is 2.86. The van der Waals surface area contributed by atoms with E-state index in [4.69, 9.17) is 4.42 Å². The number of methoxy groups -OCH3 is 1. The van der Waals surface area contributed by atoms with Crippen molar-refractivity contribution in [1.82, 2.24) is 4.98 Å². The van der Waals surface area contributed by atoms with Crippen LogP contribution in [0, 0.1) is 0 Å². The minimum atomic E-state index is -0.640. The molecule has 0 aliphatic rings. The van der Waals surface area contributed by atoms with Crippen LogP contribution < -0.4 is 0 Å². The van der Waals surface area contributed by atoms with Crippen molar-refractivity contribution >= 4 is 23.4 Å². The van der Waals surface area contributed by atoms with Crippen molar-refractivity contribution in [2.24, 2.45) is 0 Å². The number of aromatic nitrogens is 1. The standard InChI is InChI=1S/C10H7NO4/c1-14-10(13)9-11-7-4-6(5-12)2-3-8(7)15-9/h2-5H,1H3. The van der Waals surface area contributed by atoms with Gasteiger partial charge in [0.05, 0.1) is 7.11 Å². The number of ether oxygens (including phenoxy) is 1. The van der Waals surface area contributed by atoms with Gasteiger partial charge in [-0.05, 0) is 18.2 Å². The van der Waals surface area contributed by atoms with Crippen LogP contribution in [-0.2, 0) is 4.74 Å². The lowest BCUT2D eigenvalue weighted by atomic mass is 10.2. The number of hydrogen-bond donors (Lipinski definition) is 0. The van der Waals surface area contributed by atoms with Gasteiger partial charge in [0.15, 0.2) is 5.58 Å². The molecule has 1 aromatic carbocycles. The number of fused-ring (bicyclic) bond motifs is 1. The molecule has 2 aromatic rings. The highest BCUT2D eigenvalue weighted by Crippen LogP contribution is 2.16. The van der Waals surface area contributed by atoms with Crippen molar-refractivity contribution in [1.29, 1.82) is 0 Å². The topological polar surface area (TPSA) is 69.4 Å². The fourth-order valence-electron chi connectivity index (χ4n) is 1.19. The molecule has 0 fully saturated rings. The third kappa shape index (κ3) is 1.59. The van der Waals surface area contributed by atoms with Crippen molar-refractivity contribution in [3.63, 3.8) is 0 Å². The normalized spacial score (nSPS) is 10.2. The Morgan fingerprint density at radius 3 is 3.00 bits per heavy atom. The second kappa shape index (κ2) is 3.53. The highest BCUT2D eigenvalue weighted by atomic mass is 16.5. The summed E-state index contributed by atoms with van der Waals surface area (Å²) in [6.07, 6.45) is 0.700. The van der Waals surface area contributed by atoms with Gasteiger partial charge in [-0.3, -0.25) is 4.79 Å². The molecule has 5 nitrogen and oxygen atoms in total. The number of carbonyl (C=O) groups is 2. The van der Waals surface area contributed by atoms with Crippen LogP contribution in [0.15, 0.2) is 22.6 Å². The molecule has 0 radical (unpaired) electrons. The summed E-state index contributed by atoms with van der Waals surface area (Å²) in [5.41, 5.74) is 1.38. The van der Waals surface area contributed by atoms with E-state index in [9.17, 15) is 9.59 Å². The van der Waals surface area contributed by atoms with Gasteiger partial charge in [-0.15, -0.1) is 0 Å². The number of rotatable bonds is 2. The van der Waals surface area contributed by atoms with Gasteiger partial charge in [-0.25, -0.2) is 9.78 Å². The molecule has 0 amide bonds. The first kappa shape index (κ1) is 9.39. The maximum absolute atomic E-state index is 11.1. The van der Waals surface area contributed by atoms with Gasteiger partial charge in [0.1, 0.15) is 11.8 Å². The molecule has 0 aliphatic heterocycles. The van der Waals surface area contributed by atoms with E-state index < -0.39 is 5.97 Å². The van der Waals surface area contributed by atoms with Crippen molar-refractivity contribution in [2.45, 2.75) is 0 Å². The molecule has 0 N–H and O–H groups in total. The number of aldehydes is 1. The minimum absolute atomic E-state index is 0.115. The van der Waals surface area contributed by atoms with E-state index in [1.807, 2.05) is 0 Å². The largest absolute Gasteiger partial charge is 0.462 e. The molecule has 0 unspecified atom stereocenters. The van der Waals surface area contributed by atoms with Gasteiger partial charge in [0, 0.05) is 5.56 Å². The van der Waals surface area contributed by atoms with E-state index in [0.29, 0.717) is 22.9 Å². The highest BCUT2D eigenvalue weighted by molar-refractivity contribution is 5.89. The third-order valence-electron chi connectivity index (χ3n) is 1.91. The van der Waals surface area contributed by atoms with Gasteiger partial charge < -0.3 is 9.15 Å². The number of nitrogens with zero attached hydrogens (tertiary/aromatic N) is 1. The van der Waals surface area contributed by atoms with Crippen molar-refractivity contribution in [3.05, 3.63) is 29.7 Å². The van der Waals surface area contributed by atoms with E-state index >= 15 is 0 Å².